The number of carbonyl (C=O) groups excluding carboxylic acids is 1. The van der Waals surface area contributed by atoms with E-state index in [0.717, 1.165) is 12.3 Å². The van der Waals surface area contributed by atoms with Crippen molar-refractivity contribution in [3.8, 4) is 5.88 Å². The van der Waals surface area contributed by atoms with Crippen molar-refractivity contribution in [3.05, 3.63) is 30.1 Å². The largest absolute Gasteiger partial charge is 0.839 e. The minimum atomic E-state index is -5.36. The summed E-state index contributed by atoms with van der Waals surface area (Å²) in [4.78, 5) is 11.2. The van der Waals surface area contributed by atoms with Gasteiger partial charge in [0.25, 0.3) is 5.65 Å². The van der Waals surface area contributed by atoms with Crippen LogP contribution in [0.4, 0.5) is 26.3 Å². The van der Waals surface area contributed by atoms with Gasteiger partial charge >= 0.3 is 18.1 Å². The Balaban J connectivity index is 2.73. The Kier molecular flexibility index (Phi) is 3.34. The quantitative estimate of drug-likeness (QED) is 0.480. The molecule has 0 amide bonds. The van der Waals surface area contributed by atoms with Gasteiger partial charge in [0.2, 0.25) is 5.69 Å². The molecule has 0 unspecified atom stereocenters. The fourth-order valence-corrected chi connectivity index (χ4v) is 1.85. The molecule has 0 spiro atoms. The van der Waals surface area contributed by atoms with E-state index in [1.54, 1.807) is 0 Å². The highest BCUT2D eigenvalue weighted by atomic mass is 19.4. The Hall–Kier alpha value is -2.26. The maximum Gasteiger partial charge on any atom is 0.458 e. The molecule has 10 heteroatoms. The second-order valence-electron chi connectivity index (χ2n) is 4.11. The fourth-order valence-electron chi connectivity index (χ4n) is 1.85. The number of imidazole rings is 1. The molecule has 0 saturated carbocycles. The number of nitrogens with zero attached hydrogens (tertiary/aromatic N) is 2. The number of hydrogen-bond donors (Lipinski definition) is 0. The highest BCUT2D eigenvalue weighted by Gasteiger charge is 2.45. The number of ketones is 1. The molecule has 0 aromatic carbocycles. The van der Waals surface area contributed by atoms with Gasteiger partial charge in [-0.15, -0.1) is 0 Å². The number of hydrogen-bond acceptors (Lipinski definition) is 2. The van der Waals surface area contributed by atoms with Gasteiger partial charge in [-0.1, -0.05) is 6.07 Å². The summed E-state index contributed by atoms with van der Waals surface area (Å²) in [6.45, 7) is -1.79. The van der Waals surface area contributed by atoms with E-state index in [2.05, 4.69) is 0 Å². The van der Waals surface area contributed by atoms with Crippen molar-refractivity contribution in [1.82, 2.24) is 4.57 Å². The number of Topliss-reactive ketones (excluding diaryl/α,β-unsaturated/α-hetero) is 1. The summed E-state index contributed by atoms with van der Waals surface area (Å²) in [6.07, 6.45) is -9.26. The van der Waals surface area contributed by atoms with Crippen LogP contribution in [-0.4, -0.2) is 22.7 Å². The van der Waals surface area contributed by atoms with E-state index in [-0.39, 0.29) is 4.57 Å². The lowest BCUT2D eigenvalue weighted by atomic mass is 10.3. The molecule has 0 aliphatic heterocycles. The molecule has 4 nitrogen and oxygen atoms in total. The summed E-state index contributed by atoms with van der Waals surface area (Å²) in [5.74, 6) is -4.13. The van der Waals surface area contributed by atoms with Gasteiger partial charge < -0.3 is 5.11 Å². The van der Waals surface area contributed by atoms with Gasteiger partial charge in [0.1, 0.15) is 5.88 Å². The molecule has 0 aliphatic rings. The number of aromatic nitrogens is 2. The van der Waals surface area contributed by atoms with Crippen LogP contribution in [0.1, 0.15) is 10.5 Å². The van der Waals surface area contributed by atoms with Gasteiger partial charge in [-0.3, -0.25) is 4.79 Å². The van der Waals surface area contributed by atoms with Crippen molar-refractivity contribution in [2.45, 2.75) is 18.9 Å². The predicted octanol–water partition coefficient (Wildman–Crippen LogP) is 1.61. The summed E-state index contributed by atoms with van der Waals surface area (Å²) < 4.78 is 75.2. The normalized spacial score (nSPS) is 12.9. The monoisotopic (exact) mass is 312 g/mol. The highest BCUT2D eigenvalue weighted by Crippen LogP contribution is 2.28. The summed E-state index contributed by atoms with van der Waals surface area (Å²) in [5.41, 5.74) is -1.82. The Morgan fingerprint density at radius 2 is 1.81 bits per heavy atom. The average Bonchev–Trinajstić information content (AvgIpc) is 2.59. The predicted molar refractivity (Wildman–Crippen MR) is 53.5 cm³/mol. The summed E-state index contributed by atoms with van der Waals surface area (Å²) in [6, 6.07) is 3.45. The molecule has 0 saturated heterocycles. The third kappa shape index (κ3) is 2.78. The van der Waals surface area contributed by atoms with Crippen LogP contribution >= 0.6 is 0 Å². The molecule has 21 heavy (non-hydrogen) atoms. The molecular weight excluding hydrogens is 306 g/mol. The Morgan fingerprint density at radius 3 is 2.33 bits per heavy atom. The lowest BCUT2D eigenvalue weighted by molar-refractivity contribution is -0.517. The van der Waals surface area contributed by atoms with Crippen LogP contribution in [0.3, 0.4) is 0 Å². The van der Waals surface area contributed by atoms with Crippen molar-refractivity contribution >= 4 is 11.4 Å². The fraction of sp³-hybridized carbons (Fsp3) is 0.273. The number of carbonyl (C=O) groups is 1. The zero-order chi connectivity index (χ0) is 16.0. The smallest absolute Gasteiger partial charge is 0.458 e. The van der Waals surface area contributed by atoms with Crippen LogP contribution in [0.5, 0.6) is 5.88 Å². The third-order valence-electron chi connectivity index (χ3n) is 2.61. The molecule has 2 aromatic heterocycles. The van der Waals surface area contributed by atoms with Crippen molar-refractivity contribution in [2.75, 3.05) is 0 Å². The maximum atomic E-state index is 12.5. The Bertz CT molecular complexity index is 701. The van der Waals surface area contributed by atoms with Crippen molar-refractivity contribution in [1.29, 1.82) is 0 Å². The van der Waals surface area contributed by atoms with E-state index in [1.807, 2.05) is 0 Å². The van der Waals surface area contributed by atoms with E-state index >= 15 is 0 Å². The molecule has 2 aromatic rings. The van der Waals surface area contributed by atoms with Gasteiger partial charge in [-0.2, -0.15) is 30.7 Å². The molecule has 114 valence electrons. The van der Waals surface area contributed by atoms with E-state index < -0.39 is 41.9 Å². The molecule has 2 rings (SSSR count). The zero-order valence-corrected chi connectivity index (χ0v) is 10.00. The summed E-state index contributed by atoms with van der Waals surface area (Å²) in [7, 11) is 0. The number of pyridine rings is 1. The lowest BCUT2D eigenvalue weighted by Crippen LogP contribution is -2.34. The van der Waals surface area contributed by atoms with E-state index in [1.165, 1.54) is 12.1 Å². The lowest BCUT2D eigenvalue weighted by Gasteiger charge is -2.09. The molecule has 0 N–H and O–H groups in total. The van der Waals surface area contributed by atoms with Crippen LogP contribution in [0.15, 0.2) is 24.4 Å². The molecule has 0 fully saturated rings. The van der Waals surface area contributed by atoms with Crippen LogP contribution in [0, 0.1) is 0 Å². The minimum Gasteiger partial charge on any atom is -0.839 e. The number of alkyl halides is 6. The number of fused-ring (bicyclic) bond motifs is 1. The minimum absolute atomic E-state index is 0.0823. The highest BCUT2D eigenvalue weighted by molar-refractivity contribution is 5.99. The van der Waals surface area contributed by atoms with Crippen LogP contribution < -0.4 is 9.51 Å². The number of halogens is 6. The van der Waals surface area contributed by atoms with Crippen molar-refractivity contribution in [3.63, 3.8) is 0 Å². The van der Waals surface area contributed by atoms with Crippen molar-refractivity contribution in [2.24, 2.45) is 0 Å². The molecule has 0 radical (unpaired) electrons. The van der Waals surface area contributed by atoms with Gasteiger partial charge in [-0.25, -0.2) is 4.57 Å². The van der Waals surface area contributed by atoms with E-state index in [9.17, 15) is 36.2 Å². The number of rotatable bonds is 2. The topological polar surface area (TPSA) is 49.2 Å². The van der Waals surface area contributed by atoms with E-state index in [0.29, 0.717) is 4.40 Å². The van der Waals surface area contributed by atoms with Gasteiger partial charge in [-0.05, 0) is 6.07 Å². The zero-order valence-electron chi connectivity index (χ0n) is 10.00. The first-order valence-electron chi connectivity index (χ1n) is 5.40. The third-order valence-corrected chi connectivity index (χ3v) is 2.61. The van der Waals surface area contributed by atoms with Crippen LogP contribution in [0.2, 0.25) is 0 Å². The molecule has 0 bridgehead atoms. The summed E-state index contributed by atoms with van der Waals surface area (Å²) in [5, 5.41) is 11.8. The molecular formula is C11H6F6N2O2. The Labute approximate surface area is 112 Å². The van der Waals surface area contributed by atoms with E-state index in [4.69, 9.17) is 0 Å². The summed E-state index contributed by atoms with van der Waals surface area (Å²) >= 11 is 0. The van der Waals surface area contributed by atoms with Crippen LogP contribution in [0.25, 0.3) is 5.65 Å². The average molecular weight is 312 g/mol. The first-order chi connectivity index (χ1) is 9.52. The Morgan fingerprint density at radius 1 is 1.19 bits per heavy atom. The second-order valence-corrected chi connectivity index (χ2v) is 4.11. The van der Waals surface area contributed by atoms with Crippen molar-refractivity contribution < 1.29 is 40.6 Å². The van der Waals surface area contributed by atoms with Gasteiger partial charge in [0.05, 0.1) is 6.20 Å². The SMILES string of the molecule is O=C(c1c([O-])n(CC(F)(F)F)c2cccc[n+]12)C(F)(F)F. The molecule has 0 atom stereocenters. The molecule has 0 aliphatic carbocycles. The standard InChI is InChI=1S/C11H6F6N2O2/c12-10(13,14)5-19-6-3-1-2-4-18(6)7(9(19)21)8(20)11(15,16)17/h1-4H,5H2. The van der Waals surface area contributed by atoms with Gasteiger partial charge in [0, 0.05) is 6.07 Å². The van der Waals surface area contributed by atoms with Crippen LogP contribution in [-0.2, 0) is 6.54 Å². The molecule has 2 heterocycles. The van der Waals surface area contributed by atoms with Gasteiger partial charge in [0.15, 0.2) is 6.54 Å². The second kappa shape index (κ2) is 4.64. The first-order valence-corrected chi connectivity index (χ1v) is 5.40. The maximum absolute atomic E-state index is 12.5. The first kappa shape index (κ1) is 15.1.